The summed E-state index contributed by atoms with van der Waals surface area (Å²) in [5, 5.41) is 0.714. The Balaban J connectivity index is 2.59. The summed E-state index contributed by atoms with van der Waals surface area (Å²) < 4.78 is 1.89. The predicted octanol–water partition coefficient (Wildman–Crippen LogP) is 3.47. The lowest BCUT2D eigenvalue weighted by molar-refractivity contribution is 0.111. The SMILES string of the molecule is Cc1cc(C=O)n(C)c1-c1ccc(Cl)cc1. The number of aromatic nitrogens is 1. The largest absolute Gasteiger partial charge is 0.341 e. The minimum atomic E-state index is 0.683. The molecule has 82 valence electrons. The van der Waals surface area contributed by atoms with Gasteiger partial charge in [-0.2, -0.15) is 0 Å². The lowest BCUT2D eigenvalue weighted by atomic mass is 10.1. The van der Waals surface area contributed by atoms with Crippen molar-refractivity contribution in [3.05, 3.63) is 46.6 Å². The molecule has 0 aliphatic heterocycles. The van der Waals surface area contributed by atoms with E-state index in [9.17, 15) is 4.79 Å². The summed E-state index contributed by atoms with van der Waals surface area (Å²) in [7, 11) is 1.89. The summed E-state index contributed by atoms with van der Waals surface area (Å²) in [6.45, 7) is 2.00. The van der Waals surface area contributed by atoms with Gasteiger partial charge < -0.3 is 4.57 Å². The van der Waals surface area contributed by atoms with E-state index in [0.29, 0.717) is 10.7 Å². The molecule has 2 rings (SSSR count). The van der Waals surface area contributed by atoms with E-state index in [0.717, 1.165) is 23.1 Å². The molecule has 0 spiro atoms. The molecule has 1 heterocycles. The van der Waals surface area contributed by atoms with E-state index in [4.69, 9.17) is 11.6 Å². The summed E-state index contributed by atoms with van der Waals surface area (Å²) in [5.41, 5.74) is 3.89. The minimum absolute atomic E-state index is 0.683. The first kappa shape index (κ1) is 11.0. The molecule has 0 unspecified atom stereocenters. The first-order valence-electron chi connectivity index (χ1n) is 5.01. The fourth-order valence-corrected chi connectivity index (χ4v) is 2.05. The molecule has 0 aliphatic rings. The van der Waals surface area contributed by atoms with Crippen molar-refractivity contribution in [2.45, 2.75) is 6.92 Å². The van der Waals surface area contributed by atoms with Gasteiger partial charge in [-0.05, 0) is 36.2 Å². The van der Waals surface area contributed by atoms with Gasteiger partial charge in [0.05, 0.1) is 11.4 Å². The Bertz CT molecular complexity index is 526. The lowest BCUT2D eigenvalue weighted by Gasteiger charge is -2.06. The van der Waals surface area contributed by atoms with Gasteiger partial charge in [-0.25, -0.2) is 0 Å². The summed E-state index contributed by atoms with van der Waals surface area (Å²) in [6.07, 6.45) is 0.867. The lowest BCUT2D eigenvalue weighted by Crippen LogP contribution is -1.96. The molecule has 1 aromatic carbocycles. The maximum absolute atomic E-state index is 10.8. The van der Waals surface area contributed by atoms with Crippen LogP contribution in [0.5, 0.6) is 0 Å². The average molecular weight is 234 g/mol. The van der Waals surface area contributed by atoms with Crippen LogP contribution in [0.2, 0.25) is 5.02 Å². The number of halogens is 1. The van der Waals surface area contributed by atoms with E-state index in [2.05, 4.69) is 0 Å². The van der Waals surface area contributed by atoms with Crippen LogP contribution < -0.4 is 0 Å². The highest BCUT2D eigenvalue weighted by atomic mass is 35.5. The smallest absolute Gasteiger partial charge is 0.166 e. The third-order valence-corrected chi connectivity index (χ3v) is 2.95. The van der Waals surface area contributed by atoms with E-state index < -0.39 is 0 Å². The van der Waals surface area contributed by atoms with Gasteiger partial charge in [-0.15, -0.1) is 0 Å². The summed E-state index contributed by atoms with van der Waals surface area (Å²) in [5.74, 6) is 0. The summed E-state index contributed by atoms with van der Waals surface area (Å²) in [4.78, 5) is 10.8. The molecule has 0 bridgehead atoms. The van der Waals surface area contributed by atoms with Gasteiger partial charge in [-0.3, -0.25) is 4.79 Å². The van der Waals surface area contributed by atoms with Crippen molar-refractivity contribution in [3.8, 4) is 11.3 Å². The van der Waals surface area contributed by atoms with Crippen LogP contribution in [0.1, 0.15) is 16.1 Å². The Morgan fingerprint density at radius 2 is 1.88 bits per heavy atom. The van der Waals surface area contributed by atoms with Crippen molar-refractivity contribution < 1.29 is 4.79 Å². The highest BCUT2D eigenvalue weighted by Gasteiger charge is 2.10. The Hall–Kier alpha value is -1.54. The Morgan fingerprint density at radius 3 is 2.38 bits per heavy atom. The van der Waals surface area contributed by atoms with Crippen molar-refractivity contribution >= 4 is 17.9 Å². The predicted molar refractivity (Wildman–Crippen MR) is 66.0 cm³/mol. The van der Waals surface area contributed by atoms with Gasteiger partial charge in [0.2, 0.25) is 0 Å². The van der Waals surface area contributed by atoms with Crippen molar-refractivity contribution in [3.63, 3.8) is 0 Å². The number of hydrogen-bond donors (Lipinski definition) is 0. The molecule has 0 aliphatic carbocycles. The van der Waals surface area contributed by atoms with Crippen LogP contribution in [0, 0.1) is 6.92 Å². The van der Waals surface area contributed by atoms with Gasteiger partial charge in [-0.1, -0.05) is 23.7 Å². The second-order valence-electron chi connectivity index (χ2n) is 3.78. The maximum Gasteiger partial charge on any atom is 0.166 e. The van der Waals surface area contributed by atoms with E-state index in [1.807, 2.05) is 48.9 Å². The Kier molecular flexibility index (Phi) is 2.84. The van der Waals surface area contributed by atoms with Gasteiger partial charge >= 0.3 is 0 Å². The van der Waals surface area contributed by atoms with E-state index >= 15 is 0 Å². The fraction of sp³-hybridized carbons (Fsp3) is 0.154. The molecule has 2 aromatic rings. The second kappa shape index (κ2) is 4.14. The third-order valence-electron chi connectivity index (χ3n) is 2.70. The zero-order valence-electron chi connectivity index (χ0n) is 9.20. The first-order valence-corrected chi connectivity index (χ1v) is 5.38. The number of rotatable bonds is 2. The number of aldehydes is 1. The summed E-state index contributed by atoms with van der Waals surface area (Å²) in [6, 6.07) is 9.50. The molecular weight excluding hydrogens is 222 g/mol. The average Bonchev–Trinajstić information content (AvgIpc) is 2.56. The van der Waals surface area contributed by atoms with Crippen LogP contribution in [-0.2, 0) is 7.05 Å². The molecule has 3 heteroatoms. The number of carbonyl (C=O) groups excluding carboxylic acids is 1. The zero-order valence-corrected chi connectivity index (χ0v) is 9.95. The van der Waals surface area contributed by atoms with Crippen LogP contribution in [0.4, 0.5) is 0 Å². The first-order chi connectivity index (χ1) is 7.63. The quantitative estimate of drug-likeness (QED) is 0.728. The van der Waals surface area contributed by atoms with Crippen LogP contribution in [0.25, 0.3) is 11.3 Å². The maximum atomic E-state index is 10.8. The van der Waals surface area contributed by atoms with Crippen LogP contribution >= 0.6 is 11.6 Å². The molecule has 16 heavy (non-hydrogen) atoms. The standard InChI is InChI=1S/C13H12ClNO/c1-9-7-12(8-16)15(2)13(9)10-3-5-11(14)6-4-10/h3-8H,1-2H3. The van der Waals surface area contributed by atoms with Crippen LogP contribution in [-0.4, -0.2) is 10.9 Å². The normalized spacial score (nSPS) is 10.4. The molecular formula is C13H12ClNO. The Morgan fingerprint density at radius 1 is 1.25 bits per heavy atom. The van der Waals surface area contributed by atoms with Gasteiger partial charge in [0.1, 0.15) is 0 Å². The van der Waals surface area contributed by atoms with Crippen LogP contribution in [0.3, 0.4) is 0 Å². The van der Waals surface area contributed by atoms with Crippen molar-refractivity contribution in [2.75, 3.05) is 0 Å². The molecule has 2 nitrogen and oxygen atoms in total. The van der Waals surface area contributed by atoms with Crippen molar-refractivity contribution in [1.82, 2.24) is 4.57 Å². The van der Waals surface area contributed by atoms with Gasteiger partial charge in [0.15, 0.2) is 6.29 Å². The topological polar surface area (TPSA) is 22.0 Å². The van der Waals surface area contributed by atoms with Gasteiger partial charge in [0, 0.05) is 12.1 Å². The number of nitrogens with zero attached hydrogens (tertiary/aromatic N) is 1. The fourth-order valence-electron chi connectivity index (χ4n) is 1.92. The van der Waals surface area contributed by atoms with Crippen molar-refractivity contribution in [2.24, 2.45) is 7.05 Å². The molecule has 0 saturated carbocycles. The molecule has 1 aromatic heterocycles. The molecule has 0 amide bonds. The number of carbonyl (C=O) groups is 1. The molecule has 0 saturated heterocycles. The van der Waals surface area contributed by atoms with Crippen molar-refractivity contribution in [1.29, 1.82) is 0 Å². The number of benzene rings is 1. The van der Waals surface area contributed by atoms with E-state index in [1.54, 1.807) is 0 Å². The molecule has 0 fully saturated rings. The molecule has 0 atom stereocenters. The highest BCUT2D eigenvalue weighted by Crippen LogP contribution is 2.26. The Labute approximate surface area is 99.5 Å². The third kappa shape index (κ3) is 1.76. The van der Waals surface area contributed by atoms with E-state index in [1.165, 1.54) is 0 Å². The van der Waals surface area contributed by atoms with Crippen LogP contribution in [0.15, 0.2) is 30.3 Å². The van der Waals surface area contributed by atoms with E-state index in [-0.39, 0.29) is 0 Å². The zero-order chi connectivity index (χ0) is 11.7. The highest BCUT2D eigenvalue weighted by molar-refractivity contribution is 6.30. The number of aryl methyl sites for hydroxylation is 1. The summed E-state index contributed by atoms with van der Waals surface area (Å²) >= 11 is 5.85. The monoisotopic (exact) mass is 233 g/mol. The van der Waals surface area contributed by atoms with Gasteiger partial charge in [0.25, 0.3) is 0 Å². The number of hydrogen-bond acceptors (Lipinski definition) is 1. The second-order valence-corrected chi connectivity index (χ2v) is 4.22. The molecule has 0 radical (unpaired) electrons. The molecule has 0 N–H and O–H groups in total. The minimum Gasteiger partial charge on any atom is -0.341 e.